The number of hydrogen-bond donors (Lipinski definition) is 0. The molecule has 0 rings (SSSR count). The van der Waals surface area contributed by atoms with Gasteiger partial charge in [0.2, 0.25) is 0 Å². The second kappa shape index (κ2) is 24.9. The molecule has 0 aliphatic carbocycles. The molecule has 0 aromatic heterocycles. The summed E-state index contributed by atoms with van der Waals surface area (Å²) in [6.07, 6.45) is 6.11. The van der Waals surface area contributed by atoms with Crippen molar-refractivity contribution in [3.63, 3.8) is 0 Å². The van der Waals surface area contributed by atoms with Crippen LogP contribution in [0.3, 0.4) is 0 Å². The van der Waals surface area contributed by atoms with Crippen molar-refractivity contribution in [1.29, 1.82) is 0 Å². The van der Waals surface area contributed by atoms with Gasteiger partial charge in [-0.25, -0.2) is 0 Å². The van der Waals surface area contributed by atoms with Crippen LogP contribution in [0, 0.1) is 0 Å². The predicted molar refractivity (Wildman–Crippen MR) is 87.1 cm³/mol. The van der Waals surface area contributed by atoms with E-state index in [1.807, 2.05) is 80.5 Å². The molecule has 0 saturated carbocycles. The van der Waals surface area contributed by atoms with Gasteiger partial charge in [0.25, 0.3) is 0 Å². The summed E-state index contributed by atoms with van der Waals surface area (Å²) >= 11 is 0. The van der Waals surface area contributed by atoms with Crippen LogP contribution >= 0.6 is 0 Å². The van der Waals surface area contributed by atoms with Crippen LogP contribution < -0.4 is 0 Å². The van der Waals surface area contributed by atoms with E-state index in [4.69, 9.17) is 0 Å². The highest BCUT2D eigenvalue weighted by atomic mass is 16.1. The van der Waals surface area contributed by atoms with Gasteiger partial charge in [0, 0.05) is 12.0 Å². The summed E-state index contributed by atoms with van der Waals surface area (Å²) in [5.74, 6) is 0.153. The van der Waals surface area contributed by atoms with Gasteiger partial charge in [-0.15, -0.1) is 0 Å². The maximum Gasteiger partial charge on any atom is 0.162 e. The molecule has 0 unspecified atom stereocenters. The van der Waals surface area contributed by atoms with Crippen LogP contribution in [0.25, 0.3) is 0 Å². The molecule has 0 radical (unpaired) electrons. The van der Waals surface area contributed by atoms with Gasteiger partial charge in [-0.1, -0.05) is 73.3 Å². The molecule has 18 heavy (non-hydrogen) atoms. The molecule has 0 saturated heterocycles. The lowest BCUT2D eigenvalue weighted by atomic mass is 10.0. The Hall–Kier alpha value is -1.11. The van der Waals surface area contributed by atoms with Crippen molar-refractivity contribution in [2.75, 3.05) is 0 Å². The molecule has 1 nitrogen and oxygen atoms in total. The smallest absolute Gasteiger partial charge is 0.162 e. The summed E-state index contributed by atoms with van der Waals surface area (Å²) in [6.45, 7) is 21.4. The number of carbonyl (C=O) groups excluding carboxylic acids is 1. The molecular formula is C17H34O. The van der Waals surface area contributed by atoms with Gasteiger partial charge in [-0.2, -0.15) is 0 Å². The zero-order chi connectivity index (χ0) is 15.6. The first-order valence-electron chi connectivity index (χ1n) is 7.15. The van der Waals surface area contributed by atoms with Crippen LogP contribution in [0.15, 0.2) is 36.0 Å². The molecule has 0 N–H and O–H groups in total. The number of rotatable bonds is 4. The fraction of sp³-hybridized carbons (Fsp3) is 0.588. The van der Waals surface area contributed by atoms with Gasteiger partial charge in [-0.3, -0.25) is 4.79 Å². The molecule has 0 heterocycles. The standard InChI is InChI=1S/C11H16O.3C2H6/c1-5-7-8-10(9(3)4)11(12)6-2;3*1-2/h5,7-8H,3,6H2,1-2,4H3;3*1-2H3/b7-5-,10-8+;;;. The largest absolute Gasteiger partial charge is 0.294 e. The van der Waals surface area contributed by atoms with E-state index < -0.39 is 0 Å². The van der Waals surface area contributed by atoms with Gasteiger partial charge in [0.1, 0.15) is 0 Å². The van der Waals surface area contributed by atoms with Crippen molar-refractivity contribution in [3.05, 3.63) is 36.0 Å². The highest BCUT2D eigenvalue weighted by Crippen LogP contribution is 2.10. The van der Waals surface area contributed by atoms with E-state index in [0.29, 0.717) is 6.42 Å². The molecule has 0 aromatic rings. The van der Waals surface area contributed by atoms with E-state index in [1.54, 1.807) is 0 Å². The molecular weight excluding hydrogens is 220 g/mol. The van der Waals surface area contributed by atoms with Crippen LogP contribution in [0.4, 0.5) is 0 Å². The van der Waals surface area contributed by atoms with Gasteiger partial charge < -0.3 is 0 Å². The third kappa shape index (κ3) is 17.3. The minimum atomic E-state index is 0.153. The quantitative estimate of drug-likeness (QED) is 0.436. The molecule has 0 bridgehead atoms. The lowest BCUT2D eigenvalue weighted by Gasteiger charge is -2.01. The summed E-state index contributed by atoms with van der Waals surface area (Å²) in [7, 11) is 0. The minimum absolute atomic E-state index is 0.153. The van der Waals surface area contributed by atoms with E-state index in [2.05, 4.69) is 6.58 Å². The van der Waals surface area contributed by atoms with Crippen molar-refractivity contribution < 1.29 is 4.79 Å². The number of allylic oxidation sites excluding steroid dienone is 5. The Labute approximate surface area is 116 Å². The van der Waals surface area contributed by atoms with Crippen LogP contribution in [-0.2, 0) is 4.79 Å². The summed E-state index contributed by atoms with van der Waals surface area (Å²) in [4.78, 5) is 11.3. The van der Waals surface area contributed by atoms with Gasteiger partial charge in [0.05, 0.1) is 0 Å². The Morgan fingerprint density at radius 3 is 1.67 bits per heavy atom. The highest BCUT2D eigenvalue weighted by molar-refractivity contribution is 5.99. The number of hydrogen-bond acceptors (Lipinski definition) is 1. The molecule has 0 amide bonds. The van der Waals surface area contributed by atoms with Crippen molar-refractivity contribution in [2.24, 2.45) is 0 Å². The van der Waals surface area contributed by atoms with Crippen LogP contribution in [0.1, 0.15) is 68.7 Å². The average Bonchev–Trinajstić information content (AvgIpc) is 2.45. The minimum Gasteiger partial charge on any atom is -0.294 e. The lowest BCUT2D eigenvalue weighted by Crippen LogP contribution is -2.00. The van der Waals surface area contributed by atoms with E-state index in [-0.39, 0.29) is 5.78 Å². The first kappa shape index (κ1) is 25.7. The second-order valence-corrected chi connectivity index (χ2v) is 2.66. The second-order valence-electron chi connectivity index (χ2n) is 2.66. The average molecular weight is 254 g/mol. The van der Waals surface area contributed by atoms with Gasteiger partial charge in [0.15, 0.2) is 5.78 Å². The van der Waals surface area contributed by atoms with Crippen LogP contribution in [-0.4, -0.2) is 5.78 Å². The van der Waals surface area contributed by atoms with E-state index >= 15 is 0 Å². The van der Waals surface area contributed by atoms with E-state index in [9.17, 15) is 4.79 Å². The molecule has 0 fully saturated rings. The maximum absolute atomic E-state index is 11.3. The molecule has 108 valence electrons. The van der Waals surface area contributed by atoms with Gasteiger partial charge in [-0.05, 0) is 19.4 Å². The van der Waals surface area contributed by atoms with Gasteiger partial charge >= 0.3 is 0 Å². The molecule has 0 atom stereocenters. The van der Waals surface area contributed by atoms with Crippen molar-refractivity contribution in [3.8, 4) is 0 Å². The lowest BCUT2D eigenvalue weighted by molar-refractivity contribution is -0.115. The SMILES string of the molecule is C=C(C)/C(=C\C=C/C)C(=O)CC.CC.CC.CC. The fourth-order valence-electron chi connectivity index (χ4n) is 0.856. The molecule has 1 heteroatoms. The summed E-state index contributed by atoms with van der Waals surface area (Å²) < 4.78 is 0. The number of carbonyl (C=O) groups is 1. The van der Waals surface area contributed by atoms with E-state index in [1.165, 1.54) is 0 Å². The Morgan fingerprint density at radius 2 is 1.44 bits per heavy atom. The first-order chi connectivity index (χ1) is 8.63. The molecule has 0 aliphatic rings. The van der Waals surface area contributed by atoms with Crippen molar-refractivity contribution in [1.82, 2.24) is 0 Å². The number of ketones is 1. The van der Waals surface area contributed by atoms with Crippen LogP contribution in [0.2, 0.25) is 0 Å². The first-order valence-corrected chi connectivity index (χ1v) is 7.15. The summed E-state index contributed by atoms with van der Waals surface area (Å²) in [5, 5.41) is 0. The zero-order valence-corrected chi connectivity index (χ0v) is 14.1. The Bertz CT molecular complexity index is 232. The molecule has 0 aromatic carbocycles. The maximum atomic E-state index is 11.3. The topological polar surface area (TPSA) is 17.1 Å². The normalized spacial score (nSPS) is 9.06. The van der Waals surface area contributed by atoms with Crippen molar-refractivity contribution in [2.45, 2.75) is 68.7 Å². The third-order valence-electron chi connectivity index (χ3n) is 1.54. The predicted octanol–water partition coefficient (Wildman–Crippen LogP) is 6.12. The Balaban J connectivity index is -0.000000141. The highest BCUT2D eigenvalue weighted by Gasteiger charge is 2.05. The van der Waals surface area contributed by atoms with Crippen LogP contribution in [0.5, 0.6) is 0 Å². The number of Topliss-reactive ketones (excluding diaryl/α,β-unsaturated/α-hetero) is 1. The monoisotopic (exact) mass is 254 g/mol. The molecule has 0 spiro atoms. The Kier molecular flexibility index (Phi) is 35.5. The zero-order valence-electron chi connectivity index (χ0n) is 14.1. The molecule has 0 aliphatic heterocycles. The summed E-state index contributed by atoms with van der Waals surface area (Å²) in [6, 6.07) is 0. The Morgan fingerprint density at radius 1 is 1.06 bits per heavy atom. The van der Waals surface area contributed by atoms with E-state index in [0.717, 1.165) is 11.1 Å². The third-order valence-corrected chi connectivity index (χ3v) is 1.54. The fourth-order valence-corrected chi connectivity index (χ4v) is 0.856. The summed E-state index contributed by atoms with van der Waals surface area (Å²) in [5.41, 5.74) is 1.57. The van der Waals surface area contributed by atoms with Crippen molar-refractivity contribution >= 4 is 5.78 Å².